The number of nitrogens with one attached hydrogen (secondary N) is 1. The summed E-state index contributed by atoms with van der Waals surface area (Å²) >= 11 is 0. The molecule has 0 saturated carbocycles. The van der Waals surface area contributed by atoms with Crippen LogP contribution in [0.2, 0.25) is 0 Å². The molecule has 1 unspecified atom stereocenters. The Morgan fingerprint density at radius 1 is 1.14 bits per heavy atom. The highest BCUT2D eigenvalue weighted by molar-refractivity contribution is 5.83. The van der Waals surface area contributed by atoms with Gasteiger partial charge in [-0.05, 0) is 20.8 Å². The van der Waals surface area contributed by atoms with Crippen LogP contribution in [0.1, 0.15) is 27.2 Å². The van der Waals surface area contributed by atoms with Gasteiger partial charge in [0.2, 0.25) is 0 Å². The van der Waals surface area contributed by atoms with Crippen LogP contribution in [0.25, 0.3) is 0 Å². The van der Waals surface area contributed by atoms with E-state index in [0.717, 1.165) is 14.2 Å². The molecule has 0 aliphatic rings. The fourth-order valence-corrected chi connectivity index (χ4v) is 1.39. The predicted octanol–water partition coefficient (Wildman–Crippen LogP) is 0.756. The number of rotatable bonds is 5. The summed E-state index contributed by atoms with van der Waals surface area (Å²) in [4.78, 5) is 34.6. The summed E-state index contributed by atoms with van der Waals surface area (Å²) in [6.45, 7) is 4.98. The van der Waals surface area contributed by atoms with E-state index in [0.29, 0.717) is 0 Å². The Morgan fingerprint density at radius 2 is 1.67 bits per heavy atom. The van der Waals surface area contributed by atoms with Crippen molar-refractivity contribution in [3.05, 3.63) is 0 Å². The number of hydrogen-bond acceptors (Lipinski definition) is 7. The second kappa shape index (κ2) is 8.09. The Hall–Kier alpha value is -2.30. The van der Waals surface area contributed by atoms with Gasteiger partial charge in [-0.1, -0.05) is 0 Å². The highest BCUT2D eigenvalue weighted by atomic mass is 16.6. The number of hydrogen-bond donors (Lipinski definition) is 1. The zero-order valence-corrected chi connectivity index (χ0v) is 12.8. The van der Waals surface area contributed by atoms with Crippen molar-refractivity contribution in [2.24, 2.45) is 5.92 Å². The van der Waals surface area contributed by atoms with Crippen LogP contribution >= 0.6 is 0 Å². The number of nitriles is 1. The van der Waals surface area contributed by atoms with E-state index < -0.39 is 35.6 Å². The standard InChI is InChI=1S/C13H20N2O6/c1-13(2,3)21-12(18)15-9(11(17)20-5)6-8(7-14)10(16)19-4/h8-9H,6H2,1-5H3,(H,15,18)/t8?,9-/m0/s1. The van der Waals surface area contributed by atoms with Gasteiger partial charge in [-0.2, -0.15) is 5.26 Å². The number of amides is 1. The number of carbonyl (C=O) groups is 3. The van der Waals surface area contributed by atoms with Crippen LogP contribution < -0.4 is 5.32 Å². The predicted molar refractivity (Wildman–Crippen MR) is 70.9 cm³/mol. The van der Waals surface area contributed by atoms with Crippen LogP contribution in [0.3, 0.4) is 0 Å². The first-order valence-corrected chi connectivity index (χ1v) is 6.19. The van der Waals surface area contributed by atoms with Gasteiger partial charge in [-0.25, -0.2) is 9.59 Å². The fourth-order valence-electron chi connectivity index (χ4n) is 1.39. The highest BCUT2D eigenvalue weighted by Crippen LogP contribution is 2.11. The van der Waals surface area contributed by atoms with Crippen molar-refractivity contribution in [3.8, 4) is 6.07 Å². The maximum Gasteiger partial charge on any atom is 0.408 e. The van der Waals surface area contributed by atoms with E-state index in [1.165, 1.54) is 0 Å². The third kappa shape index (κ3) is 7.15. The molecular weight excluding hydrogens is 280 g/mol. The summed E-state index contributed by atoms with van der Waals surface area (Å²) in [5, 5.41) is 11.2. The average Bonchev–Trinajstić information content (AvgIpc) is 2.39. The van der Waals surface area contributed by atoms with Crippen molar-refractivity contribution >= 4 is 18.0 Å². The molecule has 1 amide bonds. The van der Waals surface area contributed by atoms with Gasteiger partial charge in [0, 0.05) is 6.42 Å². The lowest BCUT2D eigenvalue weighted by atomic mass is 10.0. The maximum atomic E-state index is 11.7. The molecule has 0 aliphatic carbocycles. The Bertz CT molecular complexity index is 435. The topological polar surface area (TPSA) is 115 Å². The molecule has 21 heavy (non-hydrogen) atoms. The number of alkyl carbamates (subject to hydrolysis) is 1. The number of methoxy groups -OCH3 is 2. The average molecular weight is 300 g/mol. The van der Waals surface area contributed by atoms with Gasteiger partial charge < -0.3 is 19.5 Å². The zero-order valence-electron chi connectivity index (χ0n) is 12.8. The molecule has 0 aromatic carbocycles. The molecule has 8 heteroatoms. The molecule has 0 heterocycles. The van der Waals surface area contributed by atoms with E-state index in [4.69, 9.17) is 10.00 Å². The van der Waals surface area contributed by atoms with Crippen molar-refractivity contribution < 1.29 is 28.6 Å². The first-order chi connectivity index (χ1) is 9.64. The summed E-state index contributed by atoms with van der Waals surface area (Å²) in [5.41, 5.74) is -0.748. The third-order valence-corrected chi connectivity index (χ3v) is 2.29. The summed E-state index contributed by atoms with van der Waals surface area (Å²) in [6, 6.07) is 0.523. The number of esters is 2. The van der Waals surface area contributed by atoms with E-state index in [9.17, 15) is 14.4 Å². The van der Waals surface area contributed by atoms with Gasteiger partial charge in [-0.15, -0.1) is 0 Å². The zero-order chi connectivity index (χ0) is 16.6. The van der Waals surface area contributed by atoms with E-state index >= 15 is 0 Å². The molecule has 118 valence electrons. The quantitative estimate of drug-likeness (QED) is 0.588. The molecule has 1 N–H and O–H groups in total. The minimum absolute atomic E-state index is 0.269. The second-order valence-electron chi connectivity index (χ2n) is 5.16. The van der Waals surface area contributed by atoms with E-state index in [1.807, 2.05) is 0 Å². The lowest BCUT2D eigenvalue weighted by molar-refractivity contribution is -0.146. The lowest BCUT2D eigenvalue weighted by Crippen LogP contribution is -2.45. The Kier molecular flexibility index (Phi) is 7.21. The molecule has 0 aliphatic heterocycles. The summed E-state index contributed by atoms with van der Waals surface area (Å²) < 4.78 is 14.0. The van der Waals surface area contributed by atoms with Gasteiger partial charge in [0.25, 0.3) is 0 Å². The third-order valence-electron chi connectivity index (χ3n) is 2.29. The van der Waals surface area contributed by atoms with E-state index in [-0.39, 0.29) is 6.42 Å². The van der Waals surface area contributed by atoms with Gasteiger partial charge in [-0.3, -0.25) is 4.79 Å². The molecule has 2 atom stereocenters. The van der Waals surface area contributed by atoms with Gasteiger partial charge in [0.05, 0.1) is 20.3 Å². The van der Waals surface area contributed by atoms with Crippen molar-refractivity contribution in [1.29, 1.82) is 5.26 Å². The minimum Gasteiger partial charge on any atom is -0.468 e. The lowest BCUT2D eigenvalue weighted by Gasteiger charge is -2.23. The van der Waals surface area contributed by atoms with Crippen molar-refractivity contribution in [2.75, 3.05) is 14.2 Å². The molecule has 8 nitrogen and oxygen atoms in total. The van der Waals surface area contributed by atoms with Crippen molar-refractivity contribution in [2.45, 2.75) is 38.8 Å². The monoisotopic (exact) mass is 300 g/mol. The molecule has 0 fully saturated rings. The molecule has 0 rings (SSSR count). The maximum absolute atomic E-state index is 11.7. The first kappa shape index (κ1) is 18.7. The highest BCUT2D eigenvalue weighted by Gasteiger charge is 2.31. The molecule has 0 aromatic heterocycles. The van der Waals surface area contributed by atoms with Crippen molar-refractivity contribution in [1.82, 2.24) is 5.32 Å². The molecule has 0 aromatic rings. The smallest absolute Gasteiger partial charge is 0.408 e. The molecule has 0 saturated heterocycles. The molecule has 0 spiro atoms. The summed E-state index contributed by atoms with van der Waals surface area (Å²) in [7, 11) is 2.26. The minimum atomic E-state index is -1.20. The molecular formula is C13H20N2O6. The van der Waals surface area contributed by atoms with E-state index in [1.54, 1.807) is 26.8 Å². The number of ether oxygens (including phenoxy) is 3. The molecule has 0 radical (unpaired) electrons. The summed E-state index contributed by atoms with van der Waals surface area (Å²) in [5.74, 6) is -2.78. The Balaban J connectivity index is 4.90. The van der Waals surface area contributed by atoms with Gasteiger partial charge in [0.1, 0.15) is 17.6 Å². The van der Waals surface area contributed by atoms with Crippen LogP contribution in [0.5, 0.6) is 0 Å². The van der Waals surface area contributed by atoms with Crippen molar-refractivity contribution in [3.63, 3.8) is 0 Å². The molecule has 0 bridgehead atoms. The number of carbonyl (C=O) groups excluding carboxylic acids is 3. The SMILES string of the molecule is COC(=O)C(C#N)C[C@H](NC(=O)OC(C)(C)C)C(=O)OC. The number of nitrogens with zero attached hydrogens (tertiary/aromatic N) is 1. The van der Waals surface area contributed by atoms with Crippen LogP contribution in [-0.2, 0) is 23.8 Å². The Labute approximate surface area is 123 Å². The normalized spacial score (nSPS) is 13.3. The van der Waals surface area contributed by atoms with Crippen LogP contribution in [0.4, 0.5) is 4.79 Å². The van der Waals surface area contributed by atoms with Crippen LogP contribution in [-0.4, -0.2) is 43.9 Å². The summed E-state index contributed by atoms with van der Waals surface area (Å²) in [6.07, 6.45) is -1.12. The fraction of sp³-hybridized carbons (Fsp3) is 0.692. The van der Waals surface area contributed by atoms with E-state index in [2.05, 4.69) is 14.8 Å². The van der Waals surface area contributed by atoms with Crippen LogP contribution in [0.15, 0.2) is 0 Å². The first-order valence-electron chi connectivity index (χ1n) is 6.19. The van der Waals surface area contributed by atoms with Crippen LogP contribution in [0, 0.1) is 17.2 Å². The largest absolute Gasteiger partial charge is 0.468 e. The Morgan fingerprint density at radius 3 is 2.05 bits per heavy atom. The van der Waals surface area contributed by atoms with Gasteiger partial charge in [0.15, 0.2) is 0 Å². The second-order valence-corrected chi connectivity index (χ2v) is 5.16. The van der Waals surface area contributed by atoms with Gasteiger partial charge >= 0.3 is 18.0 Å².